The zero-order chi connectivity index (χ0) is 20.2. The summed E-state index contributed by atoms with van der Waals surface area (Å²) in [4.78, 5) is 12.4. The van der Waals surface area contributed by atoms with Crippen molar-refractivity contribution < 1.29 is 23.1 Å². The highest BCUT2D eigenvalue weighted by molar-refractivity contribution is 5.85. The highest BCUT2D eigenvalue weighted by atomic mass is 19.4. The summed E-state index contributed by atoms with van der Waals surface area (Å²) >= 11 is 0. The summed E-state index contributed by atoms with van der Waals surface area (Å²) in [6, 6.07) is 22.1. The van der Waals surface area contributed by atoms with Crippen molar-refractivity contribution in [3.05, 3.63) is 107 Å². The van der Waals surface area contributed by atoms with Crippen LogP contribution in [0.5, 0.6) is 0 Å². The lowest BCUT2D eigenvalue weighted by Gasteiger charge is -2.32. The van der Waals surface area contributed by atoms with E-state index in [1.54, 1.807) is 60.7 Å². The van der Waals surface area contributed by atoms with Gasteiger partial charge in [0.25, 0.3) is 0 Å². The number of hydrogen-bond acceptors (Lipinski definition) is 2. The number of nitrogens with one attached hydrogen (secondary N) is 1. The number of hydrogen-bond donors (Lipinski definition) is 2. The fourth-order valence-corrected chi connectivity index (χ4v) is 3.12. The lowest BCUT2D eigenvalue weighted by molar-refractivity contribution is -0.143. The number of carboxylic acids is 1. The van der Waals surface area contributed by atoms with E-state index in [4.69, 9.17) is 0 Å². The zero-order valence-corrected chi connectivity index (χ0v) is 14.8. The van der Waals surface area contributed by atoms with Crippen LogP contribution in [0.25, 0.3) is 0 Å². The summed E-state index contributed by atoms with van der Waals surface area (Å²) in [7, 11) is 0. The zero-order valence-electron chi connectivity index (χ0n) is 14.8. The minimum atomic E-state index is -4.41. The maximum atomic E-state index is 12.7. The molecular formula is C22H18F3NO2. The average molecular weight is 385 g/mol. The van der Waals surface area contributed by atoms with Gasteiger partial charge in [-0.1, -0.05) is 72.8 Å². The Bertz CT molecular complexity index is 884. The Morgan fingerprint density at radius 2 is 1.21 bits per heavy atom. The number of halogens is 3. The highest BCUT2D eigenvalue weighted by Crippen LogP contribution is 2.32. The third kappa shape index (κ3) is 3.92. The van der Waals surface area contributed by atoms with Crippen molar-refractivity contribution in [2.75, 3.05) is 0 Å². The summed E-state index contributed by atoms with van der Waals surface area (Å²) in [6.07, 6.45) is -4.41. The Kier molecular flexibility index (Phi) is 5.51. The van der Waals surface area contributed by atoms with E-state index in [2.05, 4.69) is 5.32 Å². The van der Waals surface area contributed by atoms with Crippen LogP contribution in [0.1, 0.15) is 22.3 Å². The summed E-state index contributed by atoms with van der Waals surface area (Å²) in [6.45, 7) is 0.0776. The molecule has 0 radical (unpaired) electrons. The molecule has 2 N–H and O–H groups in total. The van der Waals surface area contributed by atoms with E-state index in [1.807, 2.05) is 0 Å². The molecule has 0 saturated carbocycles. The summed E-state index contributed by atoms with van der Waals surface area (Å²) in [5.74, 6) is -1.10. The van der Waals surface area contributed by atoms with Crippen molar-refractivity contribution >= 4 is 5.97 Å². The molecule has 0 aliphatic carbocycles. The molecule has 0 fully saturated rings. The van der Waals surface area contributed by atoms with Crippen molar-refractivity contribution in [2.24, 2.45) is 0 Å². The second kappa shape index (κ2) is 7.86. The molecule has 0 unspecified atom stereocenters. The van der Waals surface area contributed by atoms with Gasteiger partial charge in [0.15, 0.2) is 5.54 Å². The number of benzene rings is 3. The van der Waals surface area contributed by atoms with Gasteiger partial charge in [-0.25, -0.2) is 4.79 Å². The maximum absolute atomic E-state index is 12.7. The fourth-order valence-electron chi connectivity index (χ4n) is 3.12. The second-order valence-corrected chi connectivity index (χ2v) is 6.34. The minimum Gasteiger partial charge on any atom is -0.479 e. The lowest BCUT2D eigenvalue weighted by atomic mass is 9.82. The normalized spacial score (nSPS) is 12.0. The lowest BCUT2D eigenvalue weighted by Crippen LogP contribution is -2.49. The first-order chi connectivity index (χ1) is 13.3. The number of carboxylic acid groups (broad SMARTS) is 1. The number of aliphatic carboxylic acids is 1. The molecule has 28 heavy (non-hydrogen) atoms. The van der Waals surface area contributed by atoms with Gasteiger partial charge in [0.1, 0.15) is 0 Å². The van der Waals surface area contributed by atoms with Gasteiger partial charge in [0.05, 0.1) is 5.56 Å². The van der Waals surface area contributed by atoms with Gasteiger partial charge in [-0.3, -0.25) is 5.32 Å². The second-order valence-electron chi connectivity index (χ2n) is 6.34. The Morgan fingerprint density at radius 3 is 1.61 bits per heavy atom. The van der Waals surface area contributed by atoms with E-state index in [-0.39, 0.29) is 6.54 Å². The molecule has 3 aromatic rings. The van der Waals surface area contributed by atoms with Crippen LogP contribution in [-0.4, -0.2) is 11.1 Å². The molecule has 0 aliphatic heterocycles. The van der Waals surface area contributed by atoms with E-state index >= 15 is 0 Å². The Morgan fingerprint density at radius 1 is 0.750 bits per heavy atom. The molecule has 0 amide bonds. The van der Waals surface area contributed by atoms with E-state index in [0.29, 0.717) is 16.7 Å². The van der Waals surface area contributed by atoms with Gasteiger partial charge in [-0.15, -0.1) is 0 Å². The molecular weight excluding hydrogens is 367 g/mol. The number of alkyl halides is 3. The van der Waals surface area contributed by atoms with E-state index in [0.717, 1.165) is 12.1 Å². The Hall–Kier alpha value is -3.12. The van der Waals surface area contributed by atoms with Crippen molar-refractivity contribution in [1.29, 1.82) is 0 Å². The molecule has 3 rings (SSSR count). The Labute approximate surface area is 160 Å². The van der Waals surface area contributed by atoms with E-state index < -0.39 is 23.2 Å². The molecule has 6 heteroatoms. The van der Waals surface area contributed by atoms with Gasteiger partial charge in [-0.05, 0) is 28.8 Å². The van der Waals surface area contributed by atoms with Crippen LogP contribution in [0.3, 0.4) is 0 Å². The van der Waals surface area contributed by atoms with Crippen LogP contribution in [-0.2, 0) is 23.1 Å². The van der Waals surface area contributed by atoms with E-state index in [1.165, 1.54) is 12.1 Å². The molecule has 0 heterocycles. The fraction of sp³-hybridized carbons (Fsp3) is 0.136. The first kappa shape index (κ1) is 19.6. The maximum Gasteiger partial charge on any atom is 0.416 e. The molecule has 0 aliphatic rings. The molecule has 0 spiro atoms. The monoisotopic (exact) mass is 385 g/mol. The molecule has 3 nitrogen and oxygen atoms in total. The number of rotatable bonds is 6. The van der Waals surface area contributed by atoms with E-state index in [9.17, 15) is 23.1 Å². The van der Waals surface area contributed by atoms with Crippen molar-refractivity contribution in [3.63, 3.8) is 0 Å². The van der Waals surface area contributed by atoms with Crippen LogP contribution >= 0.6 is 0 Å². The van der Waals surface area contributed by atoms with Crippen LogP contribution in [0.2, 0.25) is 0 Å². The van der Waals surface area contributed by atoms with Gasteiger partial charge in [-0.2, -0.15) is 13.2 Å². The van der Waals surface area contributed by atoms with Crippen LogP contribution < -0.4 is 5.32 Å². The largest absolute Gasteiger partial charge is 0.479 e. The van der Waals surface area contributed by atoms with Gasteiger partial charge >= 0.3 is 12.1 Å². The SMILES string of the molecule is O=C(O)C(NCc1ccc(C(F)(F)F)cc1)(c1ccccc1)c1ccccc1. The minimum absolute atomic E-state index is 0.0776. The third-order valence-electron chi connectivity index (χ3n) is 4.57. The topological polar surface area (TPSA) is 49.3 Å². The van der Waals surface area contributed by atoms with Gasteiger partial charge < -0.3 is 5.11 Å². The molecule has 0 saturated heterocycles. The Balaban J connectivity index is 1.97. The summed E-state index contributed by atoms with van der Waals surface area (Å²) < 4.78 is 38.2. The first-order valence-electron chi connectivity index (χ1n) is 8.59. The quantitative estimate of drug-likeness (QED) is 0.639. The van der Waals surface area contributed by atoms with Crippen LogP contribution in [0.15, 0.2) is 84.9 Å². The molecule has 3 aromatic carbocycles. The van der Waals surface area contributed by atoms with Gasteiger partial charge in [0, 0.05) is 6.54 Å². The standard InChI is InChI=1S/C22H18F3NO2/c23-22(24,25)19-13-11-16(12-14-19)15-26-21(20(27)28,17-7-3-1-4-8-17)18-9-5-2-6-10-18/h1-14,26H,15H2,(H,27,28). The van der Waals surface area contributed by atoms with Crippen LogP contribution in [0.4, 0.5) is 13.2 Å². The predicted molar refractivity (Wildman–Crippen MR) is 99.6 cm³/mol. The summed E-state index contributed by atoms with van der Waals surface area (Å²) in [5, 5.41) is 13.2. The highest BCUT2D eigenvalue weighted by Gasteiger charge is 2.41. The molecule has 0 atom stereocenters. The van der Waals surface area contributed by atoms with Crippen LogP contribution in [0, 0.1) is 0 Å². The van der Waals surface area contributed by atoms with Crippen molar-refractivity contribution in [1.82, 2.24) is 5.32 Å². The number of carbonyl (C=O) groups is 1. The smallest absolute Gasteiger partial charge is 0.416 e. The molecule has 0 bridgehead atoms. The average Bonchev–Trinajstić information content (AvgIpc) is 2.69. The molecule has 0 aromatic heterocycles. The van der Waals surface area contributed by atoms with Gasteiger partial charge in [0.2, 0.25) is 0 Å². The first-order valence-corrected chi connectivity index (χ1v) is 8.59. The predicted octanol–water partition coefficient (Wildman–Crippen LogP) is 4.82. The van der Waals surface area contributed by atoms with Crippen molar-refractivity contribution in [2.45, 2.75) is 18.3 Å². The third-order valence-corrected chi connectivity index (χ3v) is 4.57. The molecule has 144 valence electrons. The summed E-state index contributed by atoms with van der Waals surface area (Å²) in [5.41, 5.74) is -0.677. The van der Waals surface area contributed by atoms with Crippen molar-refractivity contribution in [3.8, 4) is 0 Å².